The van der Waals surface area contributed by atoms with Gasteiger partial charge in [0.2, 0.25) is 0 Å². The number of esters is 4. The van der Waals surface area contributed by atoms with E-state index in [1.165, 1.54) is 161 Å². The molecule has 6 atom stereocenters. The third-order valence-electron chi connectivity index (χ3n) is 17.2. The van der Waals surface area contributed by atoms with Crippen LogP contribution >= 0.6 is 15.6 Å². The molecule has 3 N–H and O–H groups in total. The van der Waals surface area contributed by atoms with Crippen LogP contribution in [0.3, 0.4) is 0 Å². The maximum atomic E-state index is 13.1. The minimum absolute atomic E-state index is 0.104. The molecule has 0 aromatic heterocycles. The van der Waals surface area contributed by atoms with E-state index in [1.807, 2.05) is 0 Å². The van der Waals surface area contributed by atoms with Crippen molar-refractivity contribution in [3.8, 4) is 0 Å². The maximum absolute atomic E-state index is 13.1. The van der Waals surface area contributed by atoms with E-state index in [9.17, 15) is 43.2 Å². The van der Waals surface area contributed by atoms with Crippen LogP contribution in [0.5, 0.6) is 0 Å². The predicted octanol–water partition coefficient (Wildman–Crippen LogP) is 20.9. The Labute approximate surface area is 562 Å². The summed E-state index contributed by atoms with van der Waals surface area (Å²) in [7, 11) is -9.91. The van der Waals surface area contributed by atoms with Crippen molar-refractivity contribution >= 4 is 39.5 Å². The van der Waals surface area contributed by atoms with Crippen molar-refractivity contribution in [1.29, 1.82) is 0 Å². The van der Waals surface area contributed by atoms with Gasteiger partial charge in [0.15, 0.2) is 12.2 Å². The second-order valence-electron chi connectivity index (χ2n) is 28.0. The smallest absolute Gasteiger partial charge is 0.462 e. The summed E-state index contributed by atoms with van der Waals surface area (Å²) in [6.07, 6.45) is 45.9. The van der Waals surface area contributed by atoms with Gasteiger partial charge in [0.05, 0.1) is 26.4 Å². The highest BCUT2D eigenvalue weighted by atomic mass is 31.2. The highest BCUT2D eigenvalue weighted by molar-refractivity contribution is 7.47. The van der Waals surface area contributed by atoms with Crippen LogP contribution in [0, 0.1) is 23.7 Å². The number of phosphoric acid groups is 2. The maximum Gasteiger partial charge on any atom is 0.472 e. The zero-order chi connectivity index (χ0) is 68.2. The van der Waals surface area contributed by atoms with Gasteiger partial charge in [-0.3, -0.25) is 37.3 Å². The summed E-state index contributed by atoms with van der Waals surface area (Å²) in [6.45, 7) is 14.1. The number of unbranched alkanes of at least 4 members (excludes halogenated alkanes) is 35. The van der Waals surface area contributed by atoms with Crippen LogP contribution < -0.4 is 0 Å². The van der Waals surface area contributed by atoms with Crippen LogP contribution in [-0.4, -0.2) is 96.7 Å². The van der Waals surface area contributed by atoms with E-state index in [4.69, 9.17) is 37.0 Å². The topological polar surface area (TPSA) is 237 Å². The Bertz CT molecular complexity index is 1820. The standard InChI is InChI=1S/C73H142O17P2/c1-9-66(8)52-44-36-27-21-14-12-10-11-13-15-22-29-39-47-55-72(77)89-68(59-83-70(75)53-45-37-28-24-18-20-26-34-42-50-64(4)5)61-87-91(79,80)85-57-67(74)58-86-92(81,82)88-62-69(60-84-71(76)54-46-38-32-31-35-43-51-65(6)7)90-73(78)56-48-40-30-23-17-16-19-25-33-41-49-63(2)3/h63-69,74H,9-62H2,1-8H3,(H,79,80)(H,81,82)/t66?,67-,68-,69-/m1/s1. The van der Waals surface area contributed by atoms with Gasteiger partial charge in [0.1, 0.15) is 19.3 Å². The summed E-state index contributed by atoms with van der Waals surface area (Å²) in [5.41, 5.74) is 0. The highest BCUT2D eigenvalue weighted by Crippen LogP contribution is 2.45. The van der Waals surface area contributed by atoms with Crippen molar-refractivity contribution in [3.63, 3.8) is 0 Å². The fraction of sp³-hybridized carbons (Fsp3) is 0.945. The summed E-state index contributed by atoms with van der Waals surface area (Å²) < 4.78 is 68.4. The molecule has 0 fully saturated rings. The summed E-state index contributed by atoms with van der Waals surface area (Å²) in [5, 5.41) is 10.6. The van der Waals surface area contributed by atoms with E-state index in [1.54, 1.807) is 0 Å². The molecule has 0 spiro atoms. The van der Waals surface area contributed by atoms with Crippen LogP contribution in [0.25, 0.3) is 0 Å². The van der Waals surface area contributed by atoms with Crippen LogP contribution in [0.1, 0.15) is 364 Å². The molecular formula is C73H142O17P2. The first-order valence-corrected chi connectivity index (χ1v) is 40.7. The molecule has 0 aliphatic rings. The minimum atomic E-state index is -4.96. The van der Waals surface area contributed by atoms with Gasteiger partial charge in [0, 0.05) is 25.7 Å². The Morgan fingerprint density at radius 1 is 0.304 bits per heavy atom. The Kier molecular flexibility index (Phi) is 61.3. The number of rotatable bonds is 70. The number of hydrogen-bond donors (Lipinski definition) is 3. The molecule has 19 heteroatoms. The molecule has 0 amide bonds. The van der Waals surface area contributed by atoms with E-state index in [0.29, 0.717) is 31.6 Å². The fourth-order valence-corrected chi connectivity index (χ4v) is 12.6. The molecule has 0 bridgehead atoms. The second kappa shape index (κ2) is 62.6. The van der Waals surface area contributed by atoms with E-state index in [0.717, 1.165) is 114 Å². The Morgan fingerprint density at radius 2 is 0.522 bits per heavy atom. The van der Waals surface area contributed by atoms with Gasteiger partial charge in [-0.05, 0) is 49.4 Å². The number of phosphoric ester groups is 2. The van der Waals surface area contributed by atoms with E-state index in [-0.39, 0.29) is 25.7 Å². The summed E-state index contributed by atoms with van der Waals surface area (Å²) in [5.74, 6) is 0.894. The van der Waals surface area contributed by atoms with Crippen LogP contribution in [0.15, 0.2) is 0 Å². The molecule has 0 saturated heterocycles. The Balaban J connectivity index is 5.23. The normalized spacial score (nSPS) is 14.5. The molecule has 0 saturated carbocycles. The molecule has 0 radical (unpaired) electrons. The number of aliphatic hydroxyl groups excluding tert-OH is 1. The molecule has 546 valence electrons. The van der Waals surface area contributed by atoms with Gasteiger partial charge in [0.25, 0.3) is 0 Å². The third kappa shape index (κ3) is 65.4. The average molecular weight is 1350 g/mol. The van der Waals surface area contributed by atoms with Crippen molar-refractivity contribution in [3.05, 3.63) is 0 Å². The van der Waals surface area contributed by atoms with Crippen molar-refractivity contribution < 1.29 is 80.2 Å². The SMILES string of the molecule is CCC(C)CCCCCCCCCCCCCCCCC(=O)O[C@H](COC(=O)CCCCCCCCCCCC(C)C)COP(=O)(O)OC[C@@H](O)COP(=O)(O)OC[C@@H](COC(=O)CCCCCCCCC(C)C)OC(=O)CCCCCCCCCCCCC(C)C. The van der Waals surface area contributed by atoms with E-state index < -0.39 is 97.5 Å². The molecule has 0 aliphatic heterocycles. The van der Waals surface area contributed by atoms with Gasteiger partial charge in [-0.15, -0.1) is 0 Å². The number of hydrogen-bond acceptors (Lipinski definition) is 15. The molecule has 92 heavy (non-hydrogen) atoms. The number of ether oxygens (including phenoxy) is 4. The van der Waals surface area contributed by atoms with Crippen molar-refractivity contribution in [2.24, 2.45) is 23.7 Å². The molecule has 0 heterocycles. The van der Waals surface area contributed by atoms with Crippen LogP contribution in [-0.2, 0) is 65.4 Å². The molecule has 17 nitrogen and oxygen atoms in total. The lowest BCUT2D eigenvalue weighted by atomic mass is 9.99. The van der Waals surface area contributed by atoms with Gasteiger partial charge in [-0.25, -0.2) is 9.13 Å². The lowest BCUT2D eigenvalue weighted by Crippen LogP contribution is -2.30. The monoisotopic (exact) mass is 1350 g/mol. The fourth-order valence-electron chi connectivity index (χ4n) is 11.0. The van der Waals surface area contributed by atoms with E-state index in [2.05, 4.69) is 55.4 Å². The van der Waals surface area contributed by atoms with Crippen molar-refractivity contribution in [2.75, 3.05) is 39.6 Å². The largest absolute Gasteiger partial charge is 0.472 e. The van der Waals surface area contributed by atoms with Crippen LogP contribution in [0.2, 0.25) is 0 Å². The Hall–Kier alpha value is -1.94. The molecule has 0 rings (SSSR count). The van der Waals surface area contributed by atoms with E-state index >= 15 is 0 Å². The zero-order valence-corrected chi connectivity index (χ0v) is 62.0. The quantitative estimate of drug-likeness (QED) is 0.0222. The molecule has 0 aromatic rings. The first kappa shape index (κ1) is 90.1. The zero-order valence-electron chi connectivity index (χ0n) is 60.2. The minimum Gasteiger partial charge on any atom is -0.462 e. The first-order valence-electron chi connectivity index (χ1n) is 37.7. The first-order chi connectivity index (χ1) is 44.1. The van der Waals surface area contributed by atoms with Crippen molar-refractivity contribution in [2.45, 2.75) is 382 Å². The van der Waals surface area contributed by atoms with Gasteiger partial charge < -0.3 is 33.8 Å². The van der Waals surface area contributed by atoms with Gasteiger partial charge in [-0.2, -0.15) is 0 Å². The van der Waals surface area contributed by atoms with Gasteiger partial charge in [-0.1, -0.05) is 312 Å². The molecule has 3 unspecified atom stereocenters. The molecule has 0 aromatic carbocycles. The summed E-state index contributed by atoms with van der Waals surface area (Å²) in [6, 6.07) is 0. The average Bonchev–Trinajstić information content (AvgIpc) is 3.52. The third-order valence-corrected chi connectivity index (χ3v) is 19.1. The molecule has 0 aliphatic carbocycles. The summed E-state index contributed by atoms with van der Waals surface area (Å²) in [4.78, 5) is 72.6. The lowest BCUT2D eigenvalue weighted by Gasteiger charge is -2.21. The Morgan fingerprint density at radius 3 is 0.772 bits per heavy atom. The van der Waals surface area contributed by atoms with Crippen LogP contribution in [0.4, 0.5) is 0 Å². The summed E-state index contributed by atoms with van der Waals surface area (Å²) >= 11 is 0. The highest BCUT2D eigenvalue weighted by Gasteiger charge is 2.30. The molecular weight excluding hydrogens is 1210 g/mol. The second-order valence-corrected chi connectivity index (χ2v) is 30.9. The number of carbonyl (C=O) groups excluding carboxylic acids is 4. The predicted molar refractivity (Wildman–Crippen MR) is 372 cm³/mol. The number of carbonyl (C=O) groups is 4. The lowest BCUT2D eigenvalue weighted by molar-refractivity contribution is -0.161. The van der Waals surface area contributed by atoms with Crippen molar-refractivity contribution in [1.82, 2.24) is 0 Å². The van der Waals surface area contributed by atoms with Gasteiger partial charge >= 0.3 is 39.5 Å². The number of aliphatic hydroxyl groups is 1.